The van der Waals surface area contributed by atoms with Crippen molar-refractivity contribution in [1.29, 1.82) is 0 Å². The maximum Gasteiger partial charge on any atom is 0.321 e. The van der Waals surface area contributed by atoms with Gasteiger partial charge in [-0.1, -0.05) is 17.7 Å². The first-order valence-corrected chi connectivity index (χ1v) is 7.56. The lowest BCUT2D eigenvalue weighted by atomic mass is 10.0. The van der Waals surface area contributed by atoms with Crippen LogP contribution in [-0.4, -0.2) is 43.0 Å². The highest BCUT2D eigenvalue weighted by atomic mass is 35.5. The molecule has 0 atom stereocenters. The van der Waals surface area contributed by atoms with Gasteiger partial charge >= 0.3 is 6.03 Å². The summed E-state index contributed by atoms with van der Waals surface area (Å²) in [5.74, 6) is -0.454. The molecule has 1 aromatic carbocycles. The number of hydrogen-bond donors (Lipinski definition) is 1. The molecule has 2 amide bonds. The molecule has 0 aromatic heterocycles. The Balaban J connectivity index is 1.57. The van der Waals surface area contributed by atoms with Gasteiger partial charge in [-0.05, 0) is 24.6 Å². The number of carbonyl (C=O) groups is 1. The van der Waals surface area contributed by atoms with Crippen molar-refractivity contribution < 1.29 is 14.3 Å². The lowest BCUT2D eigenvalue weighted by Crippen LogP contribution is -2.48. The smallest absolute Gasteiger partial charge is 0.321 e. The summed E-state index contributed by atoms with van der Waals surface area (Å²) >= 11 is 6.07. The largest absolute Gasteiger partial charge is 0.347 e. The molecule has 1 N–H and O–H groups in total. The van der Waals surface area contributed by atoms with Crippen molar-refractivity contribution in [2.75, 3.05) is 31.6 Å². The molecule has 0 saturated carbocycles. The van der Waals surface area contributed by atoms with Gasteiger partial charge in [-0.15, -0.1) is 0 Å². The van der Waals surface area contributed by atoms with Gasteiger partial charge in [0.05, 0.1) is 13.2 Å². The van der Waals surface area contributed by atoms with Crippen LogP contribution in [0.1, 0.15) is 18.4 Å². The predicted molar refractivity (Wildman–Crippen MR) is 80.6 cm³/mol. The Morgan fingerprint density at radius 1 is 1.29 bits per heavy atom. The minimum absolute atomic E-state index is 0.109. The van der Waals surface area contributed by atoms with Crippen molar-refractivity contribution >= 4 is 23.3 Å². The van der Waals surface area contributed by atoms with Crippen LogP contribution >= 0.6 is 11.6 Å². The number of hydrogen-bond acceptors (Lipinski definition) is 3. The maximum absolute atomic E-state index is 12.3. The second-order valence-electron chi connectivity index (χ2n) is 5.49. The first-order chi connectivity index (χ1) is 10.1. The number of benzene rings is 1. The molecule has 0 bridgehead atoms. The zero-order valence-electron chi connectivity index (χ0n) is 12.0. The number of amides is 2. The summed E-state index contributed by atoms with van der Waals surface area (Å²) in [4.78, 5) is 14.0. The molecule has 2 aliphatic heterocycles. The molecular weight excluding hydrogens is 292 g/mol. The molecule has 6 heteroatoms. The second kappa shape index (κ2) is 5.83. The number of rotatable bonds is 1. The van der Waals surface area contributed by atoms with Crippen molar-refractivity contribution in [1.82, 2.24) is 4.90 Å². The van der Waals surface area contributed by atoms with Gasteiger partial charge in [-0.25, -0.2) is 4.79 Å². The average Bonchev–Trinajstić information content (AvgIpc) is 2.92. The lowest BCUT2D eigenvalue weighted by molar-refractivity contribution is -0.181. The Morgan fingerprint density at radius 3 is 2.57 bits per heavy atom. The highest BCUT2D eigenvalue weighted by Gasteiger charge is 2.40. The number of urea groups is 1. The fraction of sp³-hybridized carbons (Fsp3) is 0.533. The topological polar surface area (TPSA) is 50.8 Å². The molecule has 3 rings (SSSR count). The lowest BCUT2D eigenvalue weighted by Gasteiger charge is -2.37. The van der Waals surface area contributed by atoms with Gasteiger partial charge in [-0.3, -0.25) is 0 Å². The SMILES string of the molecule is Cc1ccc(NC(=O)N2CCC3(CC2)OCCO3)cc1Cl. The zero-order valence-corrected chi connectivity index (χ0v) is 12.8. The van der Waals surface area contributed by atoms with Crippen molar-refractivity contribution in [2.24, 2.45) is 0 Å². The second-order valence-corrected chi connectivity index (χ2v) is 5.90. The van der Waals surface area contributed by atoms with Crippen molar-refractivity contribution in [3.05, 3.63) is 28.8 Å². The minimum Gasteiger partial charge on any atom is -0.347 e. The first-order valence-electron chi connectivity index (χ1n) is 7.18. The standard InChI is InChI=1S/C15H19ClN2O3/c1-11-2-3-12(10-13(11)16)17-14(19)18-6-4-15(5-7-18)20-8-9-21-15/h2-3,10H,4-9H2,1H3,(H,17,19). The Bertz CT molecular complexity index is 534. The van der Waals surface area contributed by atoms with Gasteiger partial charge in [0.1, 0.15) is 0 Å². The van der Waals surface area contributed by atoms with E-state index in [0.717, 1.165) is 18.4 Å². The Morgan fingerprint density at radius 2 is 1.95 bits per heavy atom. The number of likely N-dealkylation sites (tertiary alicyclic amines) is 1. The third-order valence-electron chi connectivity index (χ3n) is 4.05. The summed E-state index contributed by atoms with van der Waals surface area (Å²) in [6, 6.07) is 5.41. The number of halogens is 1. The van der Waals surface area contributed by atoms with Crippen LogP contribution in [0.5, 0.6) is 0 Å². The average molecular weight is 311 g/mol. The number of nitrogens with zero attached hydrogens (tertiary/aromatic N) is 1. The molecule has 2 aliphatic rings. The zero-order chi connectivity index (χ0) is 14.9. The van der Waals surface area contributed by atoms with Crippen molar-refractivity contribution in [3.8, 4) is 0 Å². The third kappa shape index (κ3) is 3.15. The van der Waals surface area contributed by atoms with E-state index < -0.39 is 5.79 Å². The number of nitrogens with one attached hydrogen (secondary N) is 1. The minimum atomic E-state index is -0.454. The van der Waals surface area contributed by atoms with E-state index in [4.69, 9.17) is 21.1 Å². The van der Waals surface area contributed by atoms with E-state index in [2.05, 4.69) is 5.32 Å². The van der Waals surface area contributed by atoms with E-state index in [-0.39, 0.29) is 6.03 Å². The molecule has 0 radical (unpaired) electrons. The van der Waals surface area contributed by atoms with E-state index in [1.54, 1.807) is 11.0 Å². The number of anilines is 1. The van der Waals surface area contributed by atoms with E-state index >= 15 is 0 Å². The van der Waals surface area contributed by atoms with Crippen LogP contribution < -0.4 is 5.32 Å². The van der Waals surface area contributed by atoms with E-state index in [0.29, 0.717) is 37.0 Å². The molecule has 2 saturated heterocycles. The van der Waals surface area contributed by atoms with Crippen LogP contribution in [0, 0.1) is 6.92 Å². The van der Waals surface area contributed by atoms with Gasteiger partial charge < -0.3 is 19.7 Å². The van der Waals surface area contributed by atoms with Crippen LogP contribution in [0.4, 0.5) is 10.5 Å². The van der Waals surface area contributed by atoms with Gasteiger partial charge in [0, 0.05) is 36.6 Å². The summed E-state index contributed by atoms with van der Waals surface area (Å²) in [6.07, 6.45) is 1.43. The number of carbonyl (C=O) groups excluding carboxylic acids is 1. The normalized spacial score (nSPS) is 20.8. The monoisotopic (exact) mass is 310 g/mol. The van der Waals surface area contributed by atoms with Crippen LogP contribution in [0.2, 0.25) is 5.02 Å². The van der Waals surface area contributed by atoms with Crippen molar-refractivity contribution in [3.63, 3.8) is 0 Å². The molecule has 2 fully saturated rings. The van der Waals surface area contributed by atoms with Gasteiger partial charge in [-0.2, -0.15) is 0 Å². The summed E-state index contributed by atoms with van der Waals surface area (Å²) in [6.45, 7) is 4.48. The first kappa shape index (κ1) is 14.6. The fourth-order valence-corrected chi connectivity index (χ4v) is 2.89. The predicted octanol–water partition coefficient (Wildman–Crippen LogP) is 3.02. The Hall–Kier alpha value is -1.30. The van der Waals surface area contributed by atoms with E-state index in [1.807, 2.05) is 19.1 Å². The van der Waals surface area contributed by atoms with Crippen LogP contribution in [0.25, 0.3) is 0 Å². The van der Waals surface area contributed by atoms with Gasteiger partial charge in [0.25, 0.3) is 0 Å². The highest BCUT2D eigenvalue weighted by Crippen LogP contribution is 2.31. The van der Waals surface area contributed by atoms with E-state index in [9.17, 15) is 4.79 Å². The van der Waals surface area contributed by atoms with Gasteiger partial charge in [0.2, 0.25) is 0 Å². The molecule has 0 unspecified atom stereocenters. The quantitative estimate of drug-likeness (QED) is 0.867. The molecule has 5 nitrogen and oxygen atoms in total. The van der Waals surface area contributed by atoms with E-state index in [1.165, 1.54) is 0 Å². The van der Waals surface area contributed by atoms with Crippen molar-refractivity contribution in [2.45, 2.75) is 25.6 Å². The summed E-state index contributed by atoms with van der Waals surface area (Å²) in [5, 5.41) is 3.53. The fourth-order valence-electron chi connectivity index (χ4n) is 2.71. The maximum atomic E-state index is 12.3. The molecule has 2 heterocycles. The molecular formula is C15H19ClN2O3. The molecule has 0 aliphatic carbocycles. The number of piperidine rings is 1. The molecule has 1 aromatic rings. The number of ether oxygens (including phenoxy) is 2. The highest BCUT2D eigenvalue weighted by molar-refractivity contribution is 6.31. The Kier molecular flexibility index (Phi) is 4.06. The third-order valence-corrected chi connectivity index (χ3v) is 4.46. The molecule has 21 heavy (non-hydrogen) atoms. The molecule has 1 spiro atoms. The van der Waals surface area contributed by atoms with Gasteiger partial charge in [0.15, 0.2) is 5.79 Å². The summed E-state index contributed by atoms with van der Waals surface area (Å²) in [5.41, 5.74) is 1.70. The summed E-state index contributed by atoms with van der Waals surface area (Å²) in [7, 11) is 0. The Labute approximate surface area is 129 Å². The van der Waals surface area contributed by atoms with Crippen LogP contribution in [-0.2, 0) is 9.47 Å². The number of aryl methyl sites for hydroxylation is 1. The molecule has 114 valence electrons. The summed E-state index contributed by atoms with van der Waals surface area (Å²) < 4.78 is 11.3. The van der Waals surface area contributed by atoms with Crippen LogP contribution in [0.15, 0.2) is 18.2 Å². The van der Waals surface area contributed by atoms with Crippen LogP contribution in [0.3, 0.4) is 0 Å².